The molecular weight excluding hydrogens is 430 g/mol. The lowest BCUT2D eigenvalue weighted by atomic mass is 10.1. The maximum Gasteiger partial charge on any atom is 0.435 e. The van der Waals surface area contributed by atoms with Crippen LogP contribution in [0.25, 0.3) is 0 Å². The normalized spacial score (nSPS) is 10.9. The van der Waals surface area contributed by atoms with Crippen molar-refractivity contribution >= 4 is 41.2 Å². The number of hydrogen-bond acceptors (Lipinski definition) is 7. The van der Waals surface area contributed by atoms with Gasteiger partial charge in [-0.15, -0.1) is 0 Å². The van der Waals surface area contributed by atoms with Crippen LogP contribution in [0.5, 0.6) is 0 Å². The van der Waals surface area contributed by atoms with Crippen LogP contribution in [0.1, 0.15) is 29.8 Å². The van der Waals surface area contributed by atoms with Crippen LogP contribution in [-0.2, 0) is 9.47 Å². The van der Waals surface area contributed by atoms with Crippen LogP contribution in [0.4, 0.5) is 15.3 Å². The average Bonchev–Trinajstić information content (AvgIpc) is 2.74. The molecule has 0 heterocycles. The summed E-state index contributed by atoms with van der Waals surface area (Å²) in [5.74, 6) is -1.26. The zero-order valence-corrected chi connectivity index (χ0v) is 17.4. The van der Waals surface area contributed by atoms with Crippen molar-refractivity contribution in [1.82, 2.24) is 4.90 Å². The SMILES string of the molecule is CCOC(=O)/N=C(\c1ccc([N+](=O)[O-])cc1)N(C(=O)OCC)C(=O)c1ccc(Cl)cc1. The minimum Gasteiger partial charge on any atom is -0.449 e. The Labute approximate surface area is 182 Å². The third-order valence-electron chi connectivity index (χ3n) is 3.76. The number of nitrogens with zero attached hydrogens (tertiary/aromatic N) is 3. The van der Waals surface area contributed by atoms with Crippen LogP contribution in [0.15, 0.2) is 53.5 Å². The Morgan fingerprint density at radius 3 is 2.03 bits per heavy atom. The van der Waals surface area contributed by atoms with Gasteiger partial charge in [-0.1, -0.05) is 11.6 Å². The molecule has 0 bridgehead atoms. The highest BCUT2D eigenvalue weighted by atomic mass is 35.5. The number of rotatable bonds is 5. The maximum absolute atomic E-state index is 13.1. The van der Waals surface area contributed by atoms with Gasteiger partial charge in [0.25, 0.3) is 11.6 Å². The largest absolute Gasteiger partial charge is 0.449 e. The van der Waals surface area contributed by atoms with E-state index < -0.39 is 28.9 Å². The molecule has 0 aromatic heterocycles. The third-order valence-corrected chi connectivity index (χ3v) is 4.01. The van der Waals surface area contributed by atoms with Crippen molar-refractivity contribution in [1.29, 1.82) is 0 Å². The first-order valence-corrected chi connectivity index (χ1v) is 9.43. The Kier molecular flexibility index (Phi) is 8.21. The molecule has 2 aromatic rings. The predicted molar refractivity (Wildman–Crippen MR) is 111 cm³/mol. The minimum absolute atomic E-state index is 0.000409. The zero-order valence-electron chi connectivity index (χ0n) is 16.6. The van der Waals surface area contributed by atoms with Crippen LogP contribution in [0.3, 0.4) is 0 Å². The van der Waals surface area contributed by atoms with Gasteiger partial charge in [-0.05, 0) is 50.2 Å². The fourth-order valence-corrected chi connectivity index (χ4v) is 2.52. The summed E-state index contributed by atoms with van der Waals surface area (Å²) in [5.41, 5.74) is -0.0871. The Morgan fingerprint density at radius 1 is 0.968 bits per heavy atom. The predicted octanol–water partition coefficient (Wildman–Crippen LogP) is 4.45. The Bertz CT molecular complexity index is 1000. The van der Waals surface area contributed by atoms with E-state index in [-0.39, 0.29) is 30.0 Å². The van der Waals surface area contributed by atoms with Crippen LogP contribution >= 0.6 is 11.6 Å². The quantitative estimate of drug-likeness (QED) is 0.286. The lowest BCUT2D eigenvalue weighted by molar-refractivity contribution is -0.384. The molecule has 0 saturated carbocycles. The first kappa shape index (κ1) is 23.5. The van der Waals surface area contributed by atoms with E-state index >= 15 is 0 Å². The lowest BCUT2D eigenvalue weighted by Crippen LogP contribution is -2.43. The van der Waals surface area contributed by atoms with Gasteiger partial charge in [-0.3, -0.25) is 14.9 Å². The van der Waals surface area contributed by atoms with Crippen molar-refractivity contribution in [2.24, 2.45) is 4.99 Å². The Morgan fingerprint density at radius 2 is 1.52 bits per heavy atom. The van der Waals surface area contributed by atoms with Gasteiger partial charge in [0, 0.05) is 28.3 Å². The number of ether oxygens (including phenoxy) is 2. The molecule has 0 N–H and O–H groups in total. The van der Waals surface area contributed by atoms with Gasteiger partial charge in [-0.2, -0.15) is 9.89 Å². The molecule has 0 radical (unpaired) electrons. The summed E-state index contributed by atoms with van der Waals surface area (Å²) in [7, 11) is 0. The highest BCUT2D eigenvalue weighted by molar-refractivity contribution is 6.30. The number of nitro benzene ring substituents is 1. The van der Waals surface area contributed by atoms with Gasteiger partial charge in [0.1, 0.15) is 0 Å². The molecule has 0 aliphatic heterocycles. The molecule has 3 amide bonds. The second kappa shape index (κ2) is 10.8. The van der Waals surface area contributed by atoms with Gasteiger partial charge in [0.15, 0.2) is 5.84 Å². The molecular formula is C20H18ClN3O7. The summed E-state index contributed by atoms with van der Waals surface area (Å²) in [4.78, 5) is 52.5. The average molecular weight is 448 g/mol. The fourth-order valence-electron chi connectivity index (χ4n) is 2.39. The molecule has 2 rings (SSSR count). The van der Waals surface area contributed by atoms with Crippen molar-refractivity contribution in [3.63, 3.8) is 0 Å². The van der Waals surface area contributed by atoms with Gasteiger partial charge in [0.2, 0.25) is 0 Å². The van der Waals surface area contributed by atoms with Crippen LogP contribution < -0.4 is 0 Å². The standard InChI is InChI=1S/C20H18ClN3O7/c1-3-30-19(26)22-17(13-7-11-16(12-8-13)24(28)29)23(20(27)31-4-2)18(25)14-5-9-15(21)10-6-14/h5-12H,3-4H2,1-2H3/b22-17+. The van der Waals surface area contributed by atoms with E-state index in [0.717, 1.165) is 12.1 Å². The van der Waals surface area contributed by atoms with E-state index in [2.05, 4.69) is 4.99 Å². The van der Waals surface area contributed by atoms with E-state index in [4.69, 9.17) is 21.1 Å². The molecule has 0 aliphatic carbocycles. The number of amidine groups is 1. The molecule has 31 heavy (non-hydrogen) atoms. The Hall–Kier alpha value is -3.79. The number of nitro groups is 1. The first-order chi connectivity index (χ1) is 14.8. The van der Waals surface area contributed by atoms with Crippen LogP contribution in [-0.4, -0.2) is 47.0 Å². The van der Waals surface area contributed by atoms with Crippen LogP contribution in [0, 0.1) is 10.1 Å². The fraction of sp³-hybridized carbons (Fsp3) is 0.200. The Balaban J connectivity index is 2.63. The molecule has 162 valence electrons. The van der Waals surface area contributed by atoms with Gasteiger partial charge in [-0.25, -0.2) is 9.59 Å². The second-order valence-electron chi connectivity index (χ2n) is 5.78. The van der Waals surface area contributed by atoms with E-state index in [1.54, 1.807) is 6.92 Å². The van der Waals surface area contributed by atoms with E-state index in [0.29, 0.717) is 9.92 Å². The van der Waals surface area contributed by atoms with Crippen molar-refractivity contribution in [2.45, 2.75) is 13.8 Å². The van der Waals surface area contributed by atoms with Gasteiger partial charge < -0.3 is 9.47 Å². The molecule has 0 saturated heterocycles. The number of halogens is 1. The van der Waals surface area contributed by atoms with E-state index in [1.807, 2.05) is 0 Å². The van der Waals surface area contributed by atoms with Crippen molar-refractivity contribution in [3.05, 3.63) is 74.8 Å². The molecule has 0 atom stereocenters. The lowest BCUT2D eigenvalue weighted by Gasteiger charge is -2.22. The number of aliphatic imine (C=N–C) groups is 1. The van der Waals surface area contributed by atoms with Crippen molar-refractivity contribution in [2.75, 3.05) is 13.2 Å². The summed E-state index contributed by atoms with van der Waals surface area (Å²) >= 11 is 5.85. The maximum atomic E-state index is 13.1. The molecule has 0 fully saturated rings. The summed E-state index contributed by atoms with van der Waals surface area (Å²) in [6.45, 7) is 3.04. The third kappa shape index (κ3) is 6.09. The topological polar surface area (TPSA) is 128 Å². The van der Waals surface area contributed by atoms with Crippen LogP contribution in [0.2, 0.25) is 5.02 Å². The summed E-state index contributed by atoms with van der Waals surface area (Å²) in [6, 6.07) is 10.5. The van der Waals surface area contributed by atoms with Crippen molar-refractivity contribution in [3.8, 4) is 0 Å². The first-order valence-electron chi connectivity index (χ1n) is 9.05. The summed E-state index contributed by atoms with van der Waals surface area (Å²) in [6.07, 6.45) is -2.15. The molecule has 11 heteroatoms. The number of carbonyl (C=O) groups is 3. The summed E-state index contributed by atoms with van der Waals surface area (Å²) < 4.78 is 9.78. The molecule has 0 aliphatic rings. The second-order valence-corrected chi connectivity index (χ2v) is 6.22. The smallest absolute Gasteiger partial charge is 0.435 e. The number of hydrogen-bond donors (Lipinski definition) is 0. The summed E-state index contributed by atoms with van der Waals surface area (Å²) in [5, 5.41) is 11.3. The highest BCUT2D eigenvalue weighted by Crippen LogP contribution is 2.18. The molecule has 0 unspecified atom stereocenters. The number of amides is 3. The molecule has 10 nitrogen and oxygen atoms in total. The van der Waals surface area contributed by atoms with Crippen molar-refractivity contribution < 1.29 is 28.8 Å². The van der Waals surface area contributed by atoms with E-state index in [9.17, 15) is 24.5 Å². The van der Waals surface area contributed by atoms with Gasteiger partial charge >= 0.3 is 12.2 Å². The zero-order chi connectivity index (χ0) is 23.0. The highest BCUT2D eigenvalue weighted by Gasteiger charge is 2.31. The van der Waals surface area contributed by atoms with Gasteiger partial charge in [0.05, 0.1) is 18.1 Å². The number of non-ortho nitro benzene ring substituents is 1. The molecule has 0 spiro atoms. The monoisotopic (exact) mass is 447 g/mol. The number of carbonyl (C=O) groups excluding carboxylic acids is 3. The number of imide groups is 1. The molecule has 2 aromatic carbocycles. The minimum atomic E-state index is -1.09. The van der Waals surface area contributed by atoms with E-state index in [1.165, 1.54) is 43.3 Å². The number of benzene rings is 2.